The number of rotatable bonds is 3. The number of morpholine rings is 1. The fraction of sp³-hybridized carbons (Fsp3) is 0.462. The number of hydrogen-bond acceptors (Lipinski definition) is 4. The van der Waals surface area contributed by atoms with Gasteiger partial charge in [0, 0.05) is 18.7 Å². The van der Waals surface area contributed by atoms with E-state index in [1.54, 1.807) is 0 Å². The molecule has 0 aliphatic carbocycles. The quantitative estimate of drug-likeness (QED) is 0.849. The molecule has 1 aliphatic rings. The van der Waals surface area contributed by atoms with E-state index in [-0.39, 0.29) is 28.7 Å². The molecule has 0 bridgehead atoms. The molecule has 1 fully saturated rings. The first-order valence-electron chi connectivity index (χ1n) is 6.52. The molecule has 0 aromatic carbocycles. The molecule has 1 N–H and O–H groups in total. The summed E-state index contributed by atoms with van der Waals surface area (Å²) in [5, 5.41) is 2.96. The third-order valence-corrected chi connectivity index (χ3v) is 3.44. The minimum absolute atomic E-state index is 0.133. The normalized spacial score (nSPS) is 18.4. The highest BCUT2D eigenvalue weighted by Gasteiger charge is 2.33. The molecule has 1 aromatic heterocycles. The predicted octanol–water partition coefficient (Wildman–Crippen LogP) is 1.37. The minimum atomic E-state index is -0.656. The zero-order chi connectivity index (χ0) is 15.4. The molecule has 0 saturated carbocycles. The number of amides is 2. The molecule has 1 atom stereocenters. The van der Waals surface area contributed by atoms with Gasteiger partial charge in [-0.3, -0.25) is 9.59 Å². The summed E-state index contributed by atoms with van der Waals surface area (Å²) in [6.45, 7) is 3.19. The standard InChI is InChI=1S/C13H15Cl2N3O3/c1-2-16-12(19)9-7-21-4-3-18(9)13(20)8-5-10(14)17-11(15)6-8/h5-6,9H,2-4,7H2,1H3,(H,16,19). The first kappa shape index (κ1) is 16.0. The number of nitrogens with zero attached hydrogens (tertiary/aromatic N) is 2. The van der Waals surface area contributed by atoms with Gasteiger partial charge < -0.3 is 15.0 Å². The van der Waals surface area contributed by atoms with Crippen LogP contribution in [0.1, 0.15) is 17.3 Å². The van der Waals surface area contributed by atoms with Crippen molar-refractivity contribution < 1.29 is 14.3 Å². The smallest absolute Gasteiger partial charge is 0.254 e. The van der Waals surface area contributed by atoms with Gasteiger partial charge in [0.2, 0.25) is 5.91 Å². The van der Waals surface area contributed by atoms with Gasteiger partial charge in [-0.2, -0.15) is 0 Å². The summed E-state index contributed by atoms with van der Waals surface area (Å²) in [6, 6.07) is 2.21. The van der Waals surface area contributed by atoms with Crippen LogP contribution in [0.3, 0.4) is 0 Å². The second kappa shape index (κ2) is 7.06. The van der Waals surface area contributed by atoms with Gasteiger partial charge in [0.05, 0.1) is 13.2 Å². The second-order valence-electron chi connectivity index (χ2n) is 4.49. The third-order valence-electron chi connectivity index (χ3n) is 3.05. The fourth-order valence-electron chi connectivity index (χ4n) is 2.11. The topological polar surface area (TPSA) is 71.5 Å². The summed E-state index contributed by atoms with van der Waals surface area (Å²) >= 11 is 11.6. The number of carbonyl (C=O) groups excluding carboxylic acids is 2. The summed E-state index contributed by atoms with van der Waals surface area (Å²) in [5.41, 5.74) is 0.302. The van der Waals surface area contributed by atoms with Crippen LogP contribution in [0, 0.1) is 0 Å². The molecule has 2 rings (SSSR count). The van der Waals surface area contributed by atoms with E-state index in [0.717, 1.165) is 0 Å². The lowest BCUT2D eigenvalue weighted by Crippen LogP contribution is -2.55. The average Bonchev–Trinajstić information content (AvgIpc) is 2.45. The first-order chi connectivity index (χ1) is 10.0. The Bertz CT molecular complexity index is 533. The SMILES string of the molecule is CCNC(=O)C1COCCN1C(=O)c1cc(Cl)nc(Cl)c1. The molecule has 0 radical (unpaired) electrons. The van der Waals surface area contributed by atoms with Gasteiger partial charge in [0.15, 0.2) is 0 Å². The highest BCUT2D eigenvalue weighted by atomic mass is 35.5. The lowest BCUT2D eigenvalue weighted by molar-refractivity contribution is -0.130. The van der Waals surface area contributed by atoms with Crippen molar-refractivity contribution in [1.29, 1.82) is 0 Å². The number of likely N-dealkylation sites (N-methyl/N-ethyl adjacent to an activating group) is 1. The summed E-state index contributed by atoms with van der Waals surface area (Å²) in [7, 11) is 0. The molecule has 6 nitrogen and oxygen atoms in total. The van der Waals surface area contributed by atoms with E-state index in [2.05, 4.69) is 10.3 Å². The van der Waals surface area contributed by atoms with E-state index in [1.807, 2.05) is 6.92 Å². The molecule has 21 heavy (non-hydrogen) atoms. The fourth-order valence-corrected chi connectivity index (χ4v) is 2.57. The van der Waals surface area contributed by atoms with Crippen molar-refractivity contribution in [2.45, 2.75) is 13.0 Å². The number of halogens is 2. The molecule has 1 aliphatic heterocycles. The zero-order valence-electron chi connectivity index (χ0n) is 11.4. The number of aromatic nitrogens is 1. The maximum atomic E-state index is 12.6. The van der Waals surface area contributed by atoms with E-state index in [4.69, 9.17) is 27.9 Å². The maximum absolute atomic E-state index is 12.6. The van der Waals surface area contributed by atoms with Gasteiger partial charge in [-0.15, -0.1) is 0 Å². The van der Waals surface area contributed by atoms with Crippen molar-refractivity contribution in [3.63, 3.8) is 0 Å². The lowest BCUT2D eigenvalue weighted by atomic mass is 10.1. The molecule has 0 spiro atoms. The van der Waals surface area contributed by atoms with Crippen LogP contribution >= 0.6 is 23.2 Å². The van der Waals surface area contributed by atoms with Gasteiger partial charge in [0.1, 0.15) is 16.3 Å². The second-order valence-corrected chi connectivity index (χ2v) is 5.26. The Morgan fingerprint density at radius 2 is 2.10 bits per heavy atom. The number of pyridine rings is 1. The van der Waals surface area contributed by atoms with E-state index < -0.39 is 6.04 Å². The van der Waals surface area contributed by atoms with Crippen molar-refractivity contribution in [3.05, 3.63) is 28.0 Å². The molecular weight excluding hydrogens is 317 g/mol. The Labute approximate surface area is 132 Å². The predicted molar refractivity (Wildman–Crippen MR) is 78.6 cm³/mol. The summed E-state index contributed by atoms with van der Waals surface area (Å²) < 4.78 is 5.29. The van der Waals surface area contributed by atoms with Crippen molar-refractivity contribution in [2.75, 3.05) is 26.3 Å². The summed E-state index contributed by atoms with van der Waals surface area (Å²) in [4.78, 5) is 29.9. The summed E-state index contributed by atoms with van der Waals surface area (Å²) in [5.74, 6) is -0.558. The Morgan fingerprint density at radius 3 is 2.71 bits per heavy atom. The van der Waals surface area contributed by atoms with Crippen LogP contribution in [0.5, 0.6) is 0 Å². The largest absolute Gasteiger partial charge is 0.377 e. The lowest BCUT2D eigenvalue weighted by Gasteiger charge is -2.34. The number of hydrogen-bond donors (Lipinski definition) is 1. The highest BCUT2D eigenvalue weighted by molar-refractivity contribution is 6.33. The molecule has 2 amide bonds. The van der Waals surface area contributed by atoms with Gasteiger partial charge in [-0.05, 0) is 19.1 Å². The monoisotopic (exact) mass is 331 g/mol. The molecular formula is C13H15Cl2N3O3. The number of carbonyl (C=O) groups is 2. The van der Waals surface area contributed by atoms with E-state index in [0.29, 0.717) is 25.3 Å². The van der Waals surface area contributed by atoms with E-state index in [1.165, 1.54) is 17.0 Å². The molecule has 114 valence electrons. The Balaban J connectivity index is 2.24. The Kier molecular flexibility index (Phi) is 5.39. The zero-order valence-corrected chi connectivity index (χ0v) is 12.9. The van der Waals surface area contributed by atoms with Crippen LogP contribution in [0.4, 0.5) is 0 Å². The van der Waals surface area contributed by atoms with E-state index >= 15 is 0 Å². The van der Waals surface area contributed by atoms with Gasteiger partial charge in [-0.1, -0.05) is 23.2 Å². The van der Waals surface area contributed by atoms with Gasteiger partial charge in [-0.25, -0.2) is 4.98 Å². The highest BCUT2D eigenvalue weighted by Crippen LogP contribution is 2.18. The third kappa shape index (κ3) is 3.84. The number of ether oxygens (including phenoxy) is 1. The Hall–Kier alpha value is -1.37. The van der Waals surface area contributed by atoms with Crippen LogP contribution in [-0.4, -0.2) is 54.0 Å². The maximum Gasteiger partial charge on any atom is 0.254 e. The van der Waals surface area contributed by atoms with Crippen molar-refractivity contribution in [3.8, 4) is 0 Å². The summed E-state index contributed by atoms with van der Waals surface area (Å²) in [6.07, 6.45) is 0. The number of nitrogens with one attached hydrogen (secondary N) is 1. The van der Waals surface area contributed by atoms with Gasteiger partial charge >= 0.3 is 0 Å². The molecule has 1 saturated heterocycles. The van der Waals surface area contributed by atoms with Crippen LogP contribution in [0.2, 0.25) is 10.3 Å². The van der Waals surface area contributed by atoms with Crippen molar-refractivity contribution >= 4 is 35.0 Å². The average molecular weight is 332 g/mol. The van der Waals surface area contributed by atoms with Crippen LogP contribution < -0.4 is 5.32 Å². The molecule has 1 unspecified atom stereocenters. The first-order valence-corrected chi connectivity index (χ1v) is 7.28. The van der Waals surface area contributed by atoms with Crippen LogP contribution in [0.15, 0.2) is 12.1 Å². The van der Waals surface area contributed by atoms with Crippen LogP contribution in [-0.2, 0) is 9.53 Å². The van der Waals surface area contributed by atoms with Crippen LogP contribution in [0.25, 0.3) is 0 Å². The molecule has 1 aromatic rings. The molecule has 8 heteroatoms. The van der Waals surface area contributed by atoms with E-state index in [9.17, 15) is 9.59 Å². The van der Waals surface area contributed by atoms with Crippen molar-refractivity contribution in [1.82, 2.24) is 15.2 Å². The molecule has 2 heterocycles. The minimum Gasteiger partial charge on any atom is -0.377 e. The van der Waals surface area contributed by atoms with Crippen molar-refractivity contribution in [2.24, 2.45) is 0 Å². The Morgan fingerprint density at radius 1 is 1.43 bits per heavy atom. The van der Waals surface area contributed by atoms with Gasteiger partial charge in [0.25, 0.3) is 5.91 Å².